The summed E-state index contributed by atoms with van der Waals surface area (Å²) in [6.45, 7) is 9.20. The van der Waals surface area contributed by atoms with Gasteiger partial charge < -0.3 is 10.3 Å². The summed E-state index contributed by atoms with van der Waals surface area (Å²) in [6, 6.07) is 6.27. The van der Waals surface area contributed by atoms with E-state index in [9.17, 15) is 4.79 Å². The predicted molar refractivity (Wildman–Crippen MR) is 105 cm³/mol. The standard InChI is InChI=1S/C21H23N5O/c1-12-6-4-7-13(2)17(12)14(3)10-15-11-23-26-18(15)20-24-16-8-5-9-22-21(27)19(16)25-20/h4,6-7,11H,3,5,8-10H2,1-2H3,(H,22,27)(H,23,26)(H,24,25). The van der Waals surface area contributed by atoms with Crippen molar-refractivity contribution in [1.29, 1.82) is 0 Å². The molecule has 0 atom stereocenters. The van der Waals surface area contributed by atoms with E-state index in [-0.39, 0.29) is 5.91 Å². The Labute approximate surface area is 158 Å². The average molecular weight is 361 g/mol. The van der Waals surface area contributed by atoms with E-state index in [1.165, 1.54) is 16.7 Å². The van der Waals surface area contributed by atoms with Crippen LogP contribution in [0.2, 0.25) is 0 Å². The summed E-state index contributed by atoms with van der Waals surface area (Å²) in [4.78, 5) is 20.0. The minimum absolute atomic E-state index is 0.0988. The number of imidazole rings is 1. The lowest BCUT2D eigenvalue weighted by Gasteiger charge is -2.12. The van der Waals surface area contributed by atoms with Crippen LogP contribution in [0.5, 0.6) is 0 Å². The van der Waals surface area contributed by atoms with E-state index in [0.717, 1.165) is 35.4 Å². The van der Waals surface area contributed by atoms with Gasteiger partial charge in [-0.3, -0.25) is 9.89 Å². The maximum Gasteiger partial charge on any atom is 0.269 e. The number of benzene rings is 1. The largest absolute Gasteiger partial charge is 0.351 e. The fraction of sp³-hybridized carbons (Fsp3) is 0.286. The monoisotopic (exact) mass is 361 g/mol. The molecular formula is C21H23N5O. The van der Waals surface area contributed by atoms with Gasteiger partial charge in [-0.25, -0.2) is 4.98 Å². The third-order valence-corrected chi connectivity index (χ3v) is 5.06. The Balaban J connectivity index is 1.65. The topological polar surface area (TPSA) is 86.5 Å². The van der Waals surface area contributed by atoms with Crippen molar-refractivity contribution in [2.75, 3.05) is 6.54 Å². The van der Waals surface area contributed by atoms with Crippen LogP contribution in [0.25, 0.3) is 17.1 Å². The molecular weight excluding hydrogens is 338 g/mol. The summed E-state index contributed by atoms with van der Waals surface area (Å²) < 4.78 is 0. The Morgan fingerprint density at radius 3 is 2.81 bits per heavy atom. The number of carbonyl (C=O) groups is 1. The number of H-pyrrole nitrogens is 2. The third kappa shape index (κ3) is 3.18. The van der Waals surface area contributed by atoms with Crippen molar-refractivity contribution in [2.24, 2.45) is 0 Å². The van der Waals surface area contributed by atoms with Gasteiger partial charge in [0.25, 0.3) is 5.91 Å². The molecule has 138 valence electrons. The fourth-order valence-electron chi connectivity index (χ4n) is 3.78. The Morgan fingerprint density at radius 1 is 1.26 bits per heavy atom. The lowest BCUT2D eigenvalue weighted by Crippen LogP contribution is -2.23. The molecule has 3 N–H and O–H groups in total. The van der Waals surface area contributed by atoms with Gasteiger partial charge in [-0.2, -0.15) is 5.10 Å². The third-order valence-electron chi connectivity index (χ3n) is 5.06. The summed E-state index contributed by atoms with van der Waals surface area (Å²) in [5.74, 6) is 0.529. The summed E-state index contributed by atoms with van der Waals surface area (Å²) in [6.07, 6.45) is 4.20. The molecule has 0 unspecified atom stereocenters. The maximum absolute atomic E-state index is 12.2. The van der Waals surface area contributed by atoms with Gasteiger partial charge in [0, 0.05) is 24.7 Å². The minimum Gasteiger partial charge on any atom is -0.351 e. The second-order valence-corrected chi connectivity index (χ2v) is 7.07. The van der Waals surface area contributed by atoms with Gasteiger partial charge in [-0.05, 0) is 49.0 Å². The number of aryl methyl sites for hydroxylation is 3. The van der Waals surface area contributed by atoms with Gasteiger partial charge in [0.15, 0.2) is 5.82 Å². The molecule has 4 rings (SSSR count). The lowest BCUT2D eigenvalue weighted by molar-refractivity contribution is 0.0951. The summed E-state index contributed by atoms with van der Waals surface area (Å²) >= 11 is 0. The van der Waals surface area contributed by atoms with E-state index < -0.39 is 0 Å². The van der Waals surface area contributed by atoms with Crippen LogP contribution in [0.3, 0.4) is 0 Å². The number of hydrogen-bond donors (Lipinski definition) is 3. The molecule has 0 fully saturated rings. The Morgan fingerprint density at radius 2 is 2.04 bits per heavy atom. The molecule has 6 heteroatoms. The van der Waals surface area contributed by atoms with Gasteiger partial charge in [-0.1, -0.05) is 24.8 Å². The van der Waals surface area contributed by atoms with Crippen LogP contribution in [0.15, 0.2) is 31.0 Å². The first-order valence-electron chi connectivity index (χ1n) is 9.19. The molecule has 3 heterocycles. The minimum atomic E-state index is -0.0988. The molecule has 3 aromatic rings. The molecule has 1 aliphatic rings. The summed E-state index contributed by atoms with van der Waals surface area (Å²) in [5, 5.41) is 10.2. The van der Waals surface area contributed by atoms with Crippen molar-refractivity contribution in [3.05, 3.63) is 64.6 Å². The molecule has 6 nitrogen and oxygen atoms in total. The van der Waals surface area contributed by atoms with Crippen molar-refractivity contribution >= 4 is 11.5 Å². The fourth-order valence-corrected chi connectivity index (χ4v) is 3.78. The number of allylic oxidation sites excluding steroid dienone is 1. The smallest absolute Gasteiger partial charge is 0.269 e. The summed E-state index contributed by atoms with van der Waals surface area (Å²) in [7, 11) is 0. The van der Waals surface area contributed by atoms with Crippen molar-refractivity contribution in [2.45, 2.75) is 33.1 Å². The van der Waals surface area contributed by atoms with Gasteiger partial charge in [0.1, 0.15) is 11.4 Å². The Kier molecular flexibility index (Phi) is 4.39. The number of amides is 1. The van der Waals surface area contributed by atoms with Crippen LogP contribution >= 0.6 is 0 Å². The highest BCUT2D eigenvalue weighted by molar-refractivity contribution is 5.94. The van der Waals surface area contributed by atoms with Crippen LogP contribution in [-0.4, -0.2) is 32.6 Å². The molecule has 2 aromatic heterocycles. The molecule has 0 spiro atoms. The molecule has 0 aliphatic carbocycles. The van der Waals surface area contributed by atoms with Crippen molar-refractivity contribution in [3.8, 4) is 11.5 Å². The van der Waals surface area contributed by atoms with Gasteiger partial charge in [0.05, 0.1) is 5.69 Å². The number of carbonyl (C=O) groups excluding carboxylic acids is 1. The Bertz CT molecular complexity index is 1010. The quantitative estimate of drug-likeness (QED) is 0.666. The first-order chi connectivity index (χ1) is 13.0. The van der Waals surface area contributed by atoms with E-state index >= 15 is 0 Å². The van der Waals surface area contributed by atoms with E-state index in [1.807, 2.05) is 6.20 Å². The van der Waals surface area contributed by atoms with Crippen molar-refractivity contribution in [3.63, 3.8) is 0 Å². The zero-order chi connectivity index (χ0) is 19.0. The highest BCUT2D eigenvalue weighted by Gasteiger charge is 2.22. The maximum atomic E-state index is 12.2. The number of nitrogens with zero attached hydrogens (tertiary/aromatic N) is 2. The van der Waals surface area contributed by atoms with E-state index in [0.29, 0.717) is 24.5 Å². The van der Waals surface area contributed by atoms with Crippen molar-refractivity contribution < 1.29 is 4.79 Å². The molecule has 27 heavy (non-hydrogen) atoms. The van der Waals surface area contributed by atoms with Crippen molar-refractivity contribution in [1.82, 2.24) is 25.5 Å². The van der Waals surface area contributed by atoms with Gasteiger partial charge >= 0.3 is 0 Å². The lowest BCUT2D eigenvalue weighted by atomic mass is 9.92. The normalized spacial score (nSPS) is 13.8. The van der Waals surface area contributed by atoms with Crippen LogP contribution in [0.1, 0.15) is 44.9 Å². The number of nitrogens with one attached hydrogen (secondary N) is 3. The molecule has 0 bridgehead atoms. The molecule has 1 amide bonds. The number of aromatic nitrogens is 4. The number of rotatable bonds is 4. The average Bonchev–Trinajstić information content (AvgIpc) is 3.21. The van der Waals surface area contributed by atoms with Crippen LogP contribution in [-0.2, 0) is 12.8 Å². The molecule has 0 saturated heterocycles. The van der Waals surface area contributed by atoms with E-state index in [2.05, 4.69) is 64.1 Å². The zero-order valence-corrected chi connectivity index (χ0v) is 15.6. The van der Waals surface area contributed by atoms with Gasteiger partial charge in [-0.15, -0.1) is 0 Å². The number of aromatic amines is 2. The molecule has 1 aliphatic heterocycles. The predicted octanol–water partition coefficient (Wildman–Crippen LogP) is 3.35. The second kappa shape index (κ2) is 6.87. The first-order valence-corrected chi connectivity index (χ1v) is 9.19. The highest BCUT2D eigenvalue weighted by Crippen LogP contribution is 2.28. The second-order valence-electron chi connectivity index (χ2n) is 7.07. The van der Waals surface area contributed by atoms with Crippen LogP contribution < -0.4 is 5.32 Å². The van der Waals surface area contributed by atoms with Gasteiger partial charge in [0.2, 0.25) is 0 Å². The van der Waals surface area contributed by atoms with Crippen LogP contribution in [0, 0.1) is 13.8 Å². The van der Waals surface area contributed by atoms with E-state index in [1.54, 1.807) is 0 Å². The molecule has 0 radical (unpaired) electrons. The van der Waals surface area contributed by atoms with E-state index in [4.69, 9.17) is 0 Å². The number of fused-ring (bicyclic) bond motifs is 1. The van der Waals surface area contributed by atoms with Crippen LogP contribution in [0.4, 0.5) is 0 Å². The summed E-state index contributed by atoms with van der Waals surface area (Å²) in [5.41, 5.74) is 7.76. The Hall–Kier alpha value is -3.15. The highest BCUT2D eigenvalue weighted by atomic mass is 16.1. The molecule has 1 aromatic carbocycles. The zero-order valence-electron chi connectivity index (χ0n) is 15.6. The first kappa shape index (κ1) is 17.3. The molecule has 0 saturated carbocycles. The SMILES string of the molecule is C=C(Cc1c[nH]nc1-c1nc2c([nH]1)C(=O)NCCC2)c1c(C)cccc1C. The number of hydrogen-bond acceptors (Lipinski definition) is 3.